The van der Waals surface area contributed by atoms with Crippen LogP contribution in [0, 0.1) is 0 Å². The Morgan fingerprint density at radius 2 is 1.59 bits per heavy atom. The molecule has 0 amide bonds. The van der Waals surface area contributed by atoms with Gasteiger partial charge >= 0.3 is 0 Å². The summed E-state index contributed by atoms with van der Waals surface area (Å²) in [5, 5.41) is 3.76. The molecule has 0 saturated heterocycles. The molecule has 148 valence electrons. The molecule has 1 saturated carbocycles. The van der Waals surface area contributed by atoms with Crippen LogP contribution in [0.25, 0.3) is 0 Å². The van der Waals surface area contributed by atoms with Crippen LogP contribution >= 0.6 is 12.4 Å². The maximum Gasteiger partial charge on any atom is 0.166 e. The van der Waals surface area contributed by atoms with E-state index in [0.29, 0.717) is 12.6 Å². The number of benzene rings is 2. The average Bonchev–Trinajstić information content (AvgIpc) is 2.66. The van der Waals surface area contributed by atoms with E-state index in [4.69, 9.17) is 9.47 Å². The summed E-state index contributed by atoms with van der Waals surface area (Å²) in [6, 6.07) is 17.0. The van der Waals surface area contributed by atoms with Crippen LogP contribution in [0.5, 0.6) is 11.5 Å². The van der Waals surface area contributed by atoms with Crippen LogP contribution in [0.2, 0.25) is 0 Å². The largest absolute Gasteiger partial charge is 0.493 e. The number of hydrogen-bond donors (Lipinski definition) is 1. The summed E-state index contributed by atoms with van der Waals surface area (Å²) in [6.07, 6.45) is 9.40. The Balaban J connectivity index is 0.00000261. The molecule has 1 fully saturated rings. The van der Waals surface area contributed by atoms with Crippen LogP contribution in [-0.2, 0) is 13.2 Å². The zero-order valence-corrected chi connectivity index (χ0v) is 17.1. The van der Waals surface area contributed by atoms with Gasteiger partial charge in [0, 0.05) is 18.2 Å². The van der Waals surface area contributed by atoms with Crippen LogP contribution in [0.3, 0.4) is 0 Å². The van der Waals surface area contributed by atoms with Crippen molar-refractivity contribution >= 4 is 12.4 Å². The fraction of sp³-hybridized carbons (Fsp3) is 0.478. The number of para-hydroxylation sites is 1. The highest BCUT2D eigenvalue weighted by molar-refractivity contribution is 5.85. The van der Waals surface area contributed by atoms with Crippen molar-refractivity contribution in [2.45, 2.75) is 64.1 Å². The number of ether oxygens (including phenoxy) is 2. The van der Waals surface area contributed by atoms with Crippen molar-refractivity contribution in [1.82, 2.24) is 5.32 Å². The lowest BCUT2D eigenvalue weighted by molar-refractivity contribution is 0.279. The van der Waals surface area contributed by atoms with E-state index in [2.05, 4.69) is 23.5 Å². The van der Waals surface area contributed by atoms with Crippen LogP contribution in [0.4, 0.5) is 0 Å². The van der Waals surface area contributed by atoms with Crippen LogP contribution < -0.4 is 14.8 Å². The Labute approximate surface area is 169 Å². The Hall–Kier alpha value is -1.71. The molecule has 3 rings (SSSR count). The van der Waals surface area contributed by atoms with E-state index in [1.54, 1.807) is 7.11 Å². The molecule has 2 aromatic carbocycles. The van der Waals surface area contributed by atoms with E-state index < -0.39 is 0 Å². The highest BCUT2D eigenvalue weighted by atomic mass is 35.5. The van der Waals surface area contributed by atoms with Gasteiger partial charge in [0.1, 0.15) is 6.61 Å². The van der Waals surface area contributed by atoms with E-state index in [1.807, 2.05) is 30.3 Å². The van der Waals surface area contributed by atoms with Crippen molar-refractivity contribution in [2.75, 3.05) is 7.11 Å². The number of halogens is 1. The highest BCUT2D eigenvalue weighted by Crippen LogP contribution is 2.32. The molecule has 0 spiro atoms. The first-order valence-electron chi connectivity index (χ1n) is 9.93. The number of methoxy groups -OCH3 is 1. The van der Waals surface area contributed by atoms with Crippen molar-refractivity contribution in [3.05, 3.63) is 59.7 Å². The summed E-state index contributed by atoms with van der Waals surface area (Å²) < 4.78 is 11.7. The van der Waals surface area contributed by atoms with Gasteiger partial charge in [-0.15, -0.1) is 12.4 Å². The molecule has 3 nitrogen and oxygen atoms in total. The van der Waals surface area contributed by atoms with Gasteiger partial charge in [-0.3, -0.25) is 0 Å². The van der Waals surface area contributed by atoms with Crippen molar-refractivity contribution < 1.29 is 9.47 Å². The Kier molecular flexibility index (Phi) is 9.51. The first-order valence-corrected chi connectivity index (χ1v) is 9.93. The highest BCUT2D eigenvalue weighted by Gasteiger charge is 2.14. The zero-order chi connectivity index (χ0) is 18.0. The molecule has 4 heteroatoms. The van der Waals surface area contributed by atoms with Crippen molar-refractivity contribution in [1.29, 1.82) is 0 Å². The molecule has 0 heterocycles. The van der Waals surface area contributed by atoms with E-state index >= 15 is 0 Å². The second-order valence-electron chi connectivity index (χ2n) is 7.15. The summed E-state index contributed by atoms with van der Waals surface area (Å²) in [4.78, 5) is 0. The Morgan fingerprint density at radius 3 is 2.30 bits per heavy atom. The Morgan fingerprint density at radius 1 is 0.889 bits per heavy atom. The maximum absolute atomic E-state index is 6.16. The summed E-state index contributed by atoms with van der Waals surface area (Å²) in [7, 11) is 1.71. The quantitative estimate of drug-likeness (QED) is 0.639. The molecule has 0 bridgehead atoms. The van der Waals surface area contributed by atoms with Gasteiger partial charge in [-0.2, -0.15) is 0 Å². The second kappa shape index (κ2) is 11.9. The lowest BCUT2D eigenvalue weighted by Gasteiger charge is -2.22. The summed E-state index contributed by atoms with van der Waals surface area (Å²) in [6.45, 7) is 1.38. The molecule has 0 unspecified atom stereocenters. The average molecular weight is 390 g/mol. The molecule has 0 aliphatic heterocycles. The predicted molar refractivity (Wildman–Crippen MR) is 114 cm³/mol. The normalized spacial score (nSPS) is 15.3. The minimum absolute atomic E-state index is 0. The van der Waals surface area contributed by atoms with Gasteiger partial charge in [-0.05, 0) is 24.5 Å². The van der Waals surface area contributed by atoms with E-state index in [1.165, 1.54) is 50.5 Å². The molecule has 0 atom stereocenters. The van der Waals surface area contributed by atoms with Crippen LogP contribution in [0.15, 0.2) is 48.5 Å². The topological polar surface area (TPSA) is 30.5 Å². The third kappa shape index (κ3) is 6.75. The van der Waals surface area contributed by atoms with E-state index in [0.717, 1.165) is 23.6 Å². The molecule has 0 radical (unpaired) electrons. The van der Waals surface area contributed by atoms with Gasteiger partial charge in [-0.25, -0.2) is 0 Å². The first-order chi connectivity index (χ1) is 12.9. The van der Waals surface area contributed by atoms with Crippen molar-refractivity contribution in [3.8, 4) is 11.5 Å². The third-order valence-electron chi connectivity index (χ3n) is 5.19. The second-order valence-corrected chi connectivity index (χ2v) is 7.15. The maximum atomic E-state index is 6.16. The first kappa shape index (κ1) is 21.6. The molecular weight excluding hydrogens is 358 g/mol. The van der Waals surface area contributed by atoms with Gasteiger partial charge in [-0.1, -0.05) is 74.6 Å². The fourth-order valence-corrected chi connectivity index (χ4v) is 3.67. The fourth-order valence-electron chi connectivity index (χ4n) is 3.67. The standard InChI is InChI=1S/C23H31NO2.ClH/c1-25-22-16-10-13-20(17-24-21-14-8-3-2-4-9-15-21)23(22)26-18-19-11-6-5-7-12-19;/h5-7,10-13,16,21,24H,2-4,8-9,14-15,17-18H2,1H3;1H. The zero-order valence-electron chi connectivity index (χ0n) is 16.3. The van der Waals surface area contributed by atoms with Gasteiger partial charge in [0.25, 0.3) is 0 Å². The predicted octanol–water partition coefficient (Wildman–Crippen LogP) is 5.90. The van der Waals surface area contributed by atoms with Gasteiger partial charge in [0.2, 0.25) is 0 Å². The molecule has 1 aliphatic rings. The van der Waals surface area contributed by atoms with Gasteiger partial charge in [0.05, 0.1) is 7.11 Å². The minimum Gasteiger partial charge on any atom is -0.493 e. The van der Waals surface area contributed by atoms with E-state index in [-0.39, 0.29) is 12.4 Å². The molecule has 1 aliphatic carbocycles. The summed E-state index contributed by atoms with van der Waals surface area (Å²) in [5.41, 5.74) is 2.33. The lowest BCUT2D eigenvalue weighted by atomic mass is 9.96. The van der Waals surface area contributed by atoms with Crippen molar-refractivity contribution in [3.63, 3.8) is 0 Å². The molecule has 27 heavy (non-hydrogen) atoms. The van der Waals surface area contributed by atoms with Crippen LogP contribution in [0.1, 0.15) is 56.1 Å². The third-order valence-corrected chi connectivity index (χ3v) is 5.19. The summed E-state index contributed by atoms with van der Waals surface area (Å²) in [5.74, 6) is 1.66. The Bertz CT molecular complexity index is 655. The molecule has 2 aromatic rings. The van der Waals surface area contributed by atoms with Gasteiger partial charge < -0.3 is 14.8 Å². The van der Waals surface area contributed by atoms with Crippen LogP contribution in [-0.4, -0.2) is 13.2 Å². The summed E-state index contributed by atoms with van der Waals surface area (Å²) >= 11 is 0. The van der Waals surface area contributed by atoms with E-state index in [9.17, 15) is 0 Å². The van der Waals surface area contributed by atoms with Crippen molar-refractivity contribution in [2.24, 2.45) is 0 Å². The number of nitrogens with one attached hydrogen (secondary N) is 1. The molecule has 1 N–H and O–H groups in total. The lowest BCUT2D eigenvalue weighted by Crippen LogP contribution is -2.29. The smallest absolute Gasteiger partial charge is 0.166 e. The molecule has 0 aromatic heterocycles. The number of hydrogen-bond acceptors (Lipinski definition) is 3. The SMILES string of the molecule is COc1cccc(CNC2CCCCCCC2)c1OCc1ccccc1.Cl. The minimum atomic E-state index is 0. The molecular formula is C23H32ClNO2. The number of rotatable bonds is 7. The monoisotopic (exact) mass is 389 g/mol. The van der Waals surface area contributed by atoms with Gasteiger partial charge in [0.15, 0.2) is 11.5 Å².